The van der Waals surface area contributed by atoms with E-state index in [9.17, 15) is 9.59 Å². The molecule has 0 bridgehead atoms. The molecule has 0 aliphatic carbocycles. The van der Waals surface area contributed by atoms with Crippen LogP contribution in [0.4, 0.5) is 5.69 Å². The van der Waals surface area contributed by atoms with Crippen LogP contribution in [0.15, 0.2) is 42.5 Å². The lowest BCUT2D eigenvalue weighted by molar-refractivity contribution is -0.134. The first-order valence-electron chi connectivity index (χ1n) is 8.29. The van der Waals surface area contributed by atoms with Crippen molar-refractivity contribution in [2.75, 3.05) is 11.9 Å². The van der Waals surface area contributed by atoms with Crippen molar-refractivity contribution in [2.45, 2.75) is 33.7 Å². The number of nitrogens with one attached hydrogen (secondary N) is 1. The summed E-state index contributed by atoms with van der Waals surface area (Å²) in [7, 11) is 0. The van der Waals surface area contributed by atoms with E-state index in [2.05, 4.69) is 5.32 Å². The number of aryl methyl sites for hydroxylation is 2. The Morgan fingerprint density at radius 3 is 2.40 bits per heavy atom. The van der Waals surface area contributed by atoms with E-state index in [1.165, 1.54) is 0 Å². The molecule has 1 N–H and O–H groups in total. The lowest BCUT2D eigenvalue weighted by atomic mass is 10.1. The summed E-state index contributed by atoms with van der Waals surface area (Å²) in [5, 5.41) is 3.24. The standard InChI is InChI=1S/C20H23ClN2O2/c1-4-23(13-16-8-6-5-7-9-16)19(25)12-18(24)22-20-15(3)10-14(2)11-17(20)21/h5-11H,4,12-13H2,1-3H3,(H,22,24). The molecule has 0 fully saturated rings. The van der Waals surface area contributed by atoms with Crippen LogP contribution < -0.4 is 5.32 Å². The number of amides is 2. The van der Waals surface area contributed by atoms with Gasteiger partial charge in [0.15, 0.2) is 0 Å². The summed E-state index contributed by atoms with van der Waals surface area (Å²) in [5.74, 6) is -0.560. The minimum absolute atomic E-state index is 0.204. The third-order valence-electron chi connectivity index (χ3n) is 3.96. The van der Waals surface area contributed by atoms with Gasteiger partial charge in [0.05, 0.1) is 10.7 Å². The number of nitrogens with zero attached hydrogens (tertiary/aromatic N) is 1. The van der Waals surface area contributed by atoms with Crippen molar-refractivity contribution in [1.29, 1.82) is 0 Å². The second kappa shape index (κ2) is 8.67. The fourth-order valence-electron chi connectivity index (χ4n) is 2.69. The molecule has 0 aliphatic rings. The molecule has 2 aromatic rings. The fourth-order valence-corrected chi connectivity index (χ4v) is 3.06. The molecule has 0 atom stereocenters. The van der Waals surface area contributed by atoms with Crippen molar-refractivity contribution < 1.29 is 9.59 Å². The van der Waals surface area contributed by atoms with Gasteiger partial charge in [-0.3, -0.25) is 9.59 Å². The van der Waals surface area contributed by atoms with Gasteiger partial charge in [0, 0.05) is 13.1 Å². The molecule has 0 aliphatic heterocycles. The molecular formula is C20H23ClN2O2. The average Bonchev–Trinajstić information content (AvgIpc) is 2.56. The first kappa shape index (κ1) is 19.0. The lowest BCUT2D eigenvalue weighted by Crippen LogP contribution is -2.33. The Bertz CT molecular complexity index is 737. The van der Waals surface area contributed by atoms with Gasteiger partial charge in [-0.2, -0.15) is 0 Å². The van der Waals surface area contributed by atoms with Crippen molar-refractivity contribution in [3.05, 3.63) is 64.2 Å². The van der Waals surface area contributed by atoms with Gasteiger partial charge in [0.1, 0.15) is 6.42 Å². The van der Waals surface area contributed by atoms with E-state index in [0.29, 0.717) is 23.8 Å². The molecule has 4 nitrogen and oxygen atoms in total. The van der Waals surface area contributed by atoms with Crippen molar-refractivity contribution in [2.24, 2.45) is 0 Å². The Labute approximate surface area is 153 Å². The number of hydrogen-bond acceptors (Lipinski definition) is 2. The largest absolute Gasteiger partial charge is 0.338 e. The predicted octanol–water partition coefficient (Wildman–Crippen LogP) is 4.33. The van der Waals surface area contributed by atoms with E-state index in [0.717, 1.165) is 16.7 Å². The summed E-state index contributed by atoms with van der Waals surface area (Å²) < 4.78 is 0. The quantitative estimate of drug-likeness (QED) is 0.781. The Kier molecular flexibility index (Phi) is 6.59. The number of halogens is 1. The SMILES string of the molecule is CCN(Cc1ccccc1)C(=O)CC(=O)Nc1c(C)cc(C)cc1Cl. The number of hydrogen-bond donors (Lipinski definition) is 1. The number of anilines is 1. The summed E-state index contributed by atoms with van der Waals surface area (Å²) in [5.41, 5.74) is 3.51. The second-order valence-corrected chi connectivity index (χ2v) is 6.46. The van der Waals surface area contributed by atoms with E-state index < -0.39 is 0 Å². The molecule has 2 amide bonds. The van der Waals surface area contributed by atoms with Crippen LogP contribution in [0.5, 0.6) is 0 Å². The molecular weight excluding hydrogens is 336 g/mol. The van der Waals surface area contributed by atoms with Crippen LogP contribution in [0.25, 0.3) is 0 Å². The molecule has 0 saturated heterocycles. The van der Waals surface area contributed by atoms with Crippen LogP contribution in [-0.4, -0.2) is 23.3 Å². The molecule has 5 heteroatoms. The van der Waals surface area contributed by atoms with E-state index in [-0.39, 0.29) is 18.2 Å². The summed E-state index contributed by atoms with van der Waals surface area (Å²) in [6, 6.07) is 13.5. The van der Waals surface area contributed by atoms with E-state index >= 15 is 0 Å². The van der Waals surface area contributed by atoms with E-state index in [4.69, 9.17) is 11.6 Å². The number of benzene rings is 2. The topological polar surface area (TPSA) is 49.4 Å². The van der Waals surface area contributed by atoms with Crippen LogP contribution in [0, 0.1) is 13.8 Å². The number of carbonyl (C=O) groups is 2. The zero-order valence-corrected chi connectivity index (χ0v) is 15.6. The Hall–Kier alpha value is -2.33. The second-order valence-electron chi connectivity index (χ2n) is 6.06. The summed E-state index contributed by atoms with van der Waals surface area (Å²) in [4.78, 5) is 26.4. The van der Waals surface area contributed by atoms with Crippen LogP contribution in [0.1, 0.15) is 30.0 Å². The Morgan fingerprint density at radius 1 is 1.12 bits per heavy atom. The minimum Gasteiger partial charge on any atom is -0.338 e. The summed E-state index contributed by atoms with van der Waals surface area (Å²) >= 11 is 6.20. The monoisotopic (exact) mass is 358 g/mol. The van der Waals surface area contributed by atoms with Crippen LogP contribution in [0.3, 0.4) is 0 Å². The molecule has 0 unspecified atom stereocenters. The highest BCUT2D eigenvalue weighted by atomic mass is 35.5. The smallest absolute Gasteiger partial charge is 0.233 e. The average molecular weight is 359 g/mol. The molecule has 2 rings (SSSR count). The normalized spacial score (nSPS) is 10.4. The molecule has 0 spiro atoms. The molecule has 25 heavy (non-hydrogen) atoms. The molecule has 2 aromatic carbocycles. The zero-order chi connectivity index (χ0) is 18.4. The third-order valence-corrected chi connectivity index (χ3v) is 4.26. The van der Waals surface area contributed by atoms with Crippen molar-refractivity contribution in [1.82, 2.24) is 4.90 Å². The number of rotatable bonds is 6. The highest BCUT2D eigenvalue weighted by molar-refractivity contribution is 6.34. The minimum atomic E-state index is -0.356. The van der Waals surface area contributed by atoms with Gasteiger partial charge in [0.25, 0.3) is 0 Å². The van der Waals surface area contributed by atoms with Crippen LogP contribution in [0.2, 0.25) is 5.02 Å². The lowest BCUT2D eigenvalue weighted by Gasteiger charge is -2.21. The third kappa shape index (κ3) is 5.33. The Morgan fingerprint density at radius 2 is 1.80 bits per heavy atom. The van der Waals surface area contributed by atoms with Crippen molar-refractivity contribution in [3.63, 3.8) is 0 Å². The van der Waals surface area contributed by atoms with Crippen molar-refractivity contribution >= 4 is 29.1 Å². The zero-order valence-electron chi connectivity index (χ0n) is 14.8. The van der Waals surface area contributed by atoms with Crippen molar-refractivity contribution in [3.8, 4) is 0 Å². The Balaban J connectivity index is 2.00. The van der Waals surface area contributed by atoms with E-state index in [1.807, 2.05) is 57.2 Å². The highest BCUT2D eigenvalue weighted by Crippen LogP contribution is 2.27. The molecule has 0 aromatic heterocycles. The van der Waals surface area contributed by atoms with Gasteiger partial charge >= 0.3 is 0 Å². The van der Waals surface area contributed by atoms with Gasteiger partial charge in [-0.25, -0.2) is 0 Å². The van der Waals surface area contributed by atoms with Gasteiger partial charge in [-0.15, -0.1) is 0 Å². The molecule has 132 valence electrons. The summed E-state index contributed by atoms with van der Waals surface area (Å²) in [6.07, 6.45) is -0.204. The van der Waals surface area contributed by atoms with Crippen LogP contribution in [-0.2, 0) is 16.1 Å². The first-order valence-corrected chi connectivity index (χ1v) is 8.66. The van der Waals surface area contributed by atoms with E-state index in [1.54, 1.807) is 11.0 Å². The molecule has 0 heterocycles. The molecule has 0 radical (unpaired) electrons. The van der Waals surface area contributed by atoms with Crippen LogP contribution >= 0.6 is 11.6 Å². The predicted molar refractivity (Wildman–Crippen MR) is 102 cm³/mol. The van der Waals surface area contributed by atoms with Gasteiger partial charge in [-0.1, -0.05) is 48.0 Å². The molecule has 0 saturated carbocycles. The van der Waals surface area contributed by atoms with Gasteiger partial charge < -0.3 is 10.2 Å². The van der Waals surface area contributed by atoms with Gasteiger partial charge in [0.2, 0.25) is 11.8 Å². The van der Waals surface area contributed by atoms with Gasteiger partial charge in [-0.05, 0) is 43.5 Å². The maximum Gasteiger partial charge on any atom is 0.233 e. The highest BCUT2D eigenvalue weighted by Gasteiger charge is 2.18. The fraction of sp³-hybridized carbons (Fsp3) is 0.300. The maximum absolute atomic E-state index is 12.4. The number of carbonyl (C=O) groups excluding carboxylic acids is 2. The summed E-state index contributed by atoms with van der Waals surface area (Å²) in [6.45, 7) is 6.76. The maximum atomic E-state index is 12.4. The first-order chi connectivity index (χ1) is 11.9.